The molecule has 1 unspecified atom stereocenters. The van der Waals surface area contributed by atoms with Crippen molar-refractivity contribution in [1.82, 2.24) is 14.8 Å². The van der Waals surface area contributed by atoms with Crippen LogP contribution in [0.1, 0.15) is 26.2 Å². The molecule has 0 aliphatic carbocycles. The number of hydrogen-bond acceptors (Lipinski definition) is 5. The van der Waals surface area contributed by atoms with E-state index in [9.17, 15) is 4.79 Å². The molecule has 2 N–H and O–H groups in total. The summed E-state index contributed by atoms with van der Waals surface area (Å²) in [7, 11) is 1.36. The summed E-state index contributed by atoms with van der Waals surface area (Å²) in [6.07, 6.45) is 5.04. The second kappa shape index (κ2) is 5.60. The first kappa shape index (κ1) is 12.6. The summed E-state index contributed by atoms with van der Waals surface area (Å²) in [6.45, 7) is 2.59. The van der Waals surface area contributed by atoms with E-state index in [0.29, 0.717) is 19.4 Å². The number of carbonyl (C=O) groups is 1. The van der Waals surface area contributed by atoms with Gasteiger partial charge in [0.1, 0.15) is 18.2 Å². The highest BCUT2D eigenvalue weighted by Crippen LogP contribution is 2.16. The van der Waals surface area contributed by atoms with Crippen molar-refractivity contribution in [2.45, 2.75) is 38.3 Å². The van der Waals surface area contributed by atoms with Gasteiger partial charge in [0.2, 0.25) is 0 Å². The fraction of sp³-hybridized carbons (Fsp3) is 0.700. The summed E-state index contributed by atoms with van der Waals surface area (Å²) >= 11 is 0. The van der Waals surface area contributed by atoms with E-state index < -0.39 is 5.54 Å². The molecule has 6 heteroatoms. The number of carbonyl (C=O) groups excluding carboxylic acids is 1. The third-order valence-electron chi connectivity index (χ3n) is 2.70. The summed E-state index contributed by atoms with van der Waals surface area (Å²) in [5.41, 5.74) is 5.09. The zero-order chi connectivity index (χ0) is 12.0. The van der Waals surface area contributed by atoms with Crippen LogP contribution in [0.3, 0.4) is 0 Å². The molecule has 1 heterocycles. The van der Waals surface area contributed by atoms with Crippen LogP contribution in [0.15, 0.2) is 12.7 Å². The first-order valence-electron chi connectivity index (χ1n) is 5.32. The SMILES string of the molecule is CCC(N)(CCCn1cncn1)C(=O)OC. The predicted molar refractivity (Wildman–Crippen MR) is 58.5 cm³/mol. The molecular weight excluding hydrogens is 208 g/mol. The molecule has 0 aliphatic rings. The van der Waals surface area contributed by atoms with Crippen molar-refractivity contribution in [2.24, 2.45) is 5.73 Å². The summed E-state index contributed by atoms with van der Waals surface area (Å²) < 4.78 is 6.41. The number of aromatic nitrogens is 3. The van der Waals surface area contributed by atoms with Crippen molar-refractivity contribution in [3.05, 3.63) is 12.7 Å². The second-order valence-electron chi connectivity index (χ2n) is 3.76. The molecule has 90 valence electrons. The Balaban J connectivity index is 2.42. The molecule has 0 amide bonds. The number of nitrogens with two attached hydrogens (primary N) is 1. The zero-order valence-electron chi connectivity index (χ0n) is 9.72. The van der Waals surface area contributed by atoms with Gasteiger partial charge in [-0.1, -0.05) is 6.92 Å². The average molecular weight is 226 g/mol. The van der Waals surface area contributed by atoms with Crippen LogP contribution in [-0.2, 0) is 16.1 Å². The highest BCUT2D eigenvalue weighted by atomic mass is 16.5. The summed E-state index contributed by atoms with van der Waals surface area (Å²) in [6, 6.07) is 0. The lowest BCUT2D eigenvalue weighted by Gasteiger charge is -2.24. The fourth-order valence-electron chi connectivity index (χ4n) is 1.53. The molecule has 0 radical (unpaired) electrons. The Morgan fingerprint density at radius 2 is 2.38 bits per heavy atom. The highest BCUT2D eigenvalue weighted by molar-refractivity contribution is 5.80. The Morgan fingerprint density at radius 3 is 2.88 bits per heavy atom. The molecule has 0 aliphatic heterocycles. The van der Waals surface area contributed by atoms with Crippen LogP contribution in [0.4, 0.5) is 0 Å². The van der Waals surface area contributed by atoms with Crippen molar-refractivity contribution in [2.75, 3.05) is 7.11 Å². The Morgan fingerprint density at radius 1 is 1.62 bits per heavy atom. The van der Waals surface area contributed by atoms with E-state index in [4.69, 9.17) is 10.5 Å². The Kier molecular flexibility index (Phi) is 4.42. The van der Waals surface area contributed by atoms with Crippen LogP contribution in [0, 0.1) is 0 Å². The third-order valence-corrected chi connectivity index (χ3v) is 2.70. The van der Waals surface area contributed by atoms with Gasteiger partial charge in [-0.2, -0.15) is 5.10 Å². The highest BCUT2D eigenvalue weighted by Gasteiger charge is 2.32. The summed E-state index contributed by atoms with van der Waals surface area (Å²) in [4.78, 5) is 15.3. The Bertz CT molecular complexity index is 326. The normalized spacial score (nSPS) is 14.4. The molecule has 16 heavy (non-hydrogen) atoms. The first-order valence-corrected chi connectivity index (χ1v) is 5.32. The van der Waals surface area contributed by atoms with Crippen LogP contribution >= 0.6 is 0 Å². The lowest BCUT2D eigenvalue weighted by Crippen LogP contribution is -2.48. The molecule has 1 aromatic rings. The number of ether oxygens (including phenoxy) is 1. The maximum Gasteiger partial charge on any atom is 0.325 e. The van der Waals surface area contributed by atoms with Gasteiger partial charge < -0.3 is 10.5 Å². The lowest BCUT2D eigenvalue weighted by molar-refractivity contribution is -0.147. The van der Waals surface area contributed by atoms with Crippen molar-refractivity contribution in [1.29, 1.82) is 0 Å². The molecule has 0 fully saturated rings. The van der Waals surface area contributed by atoms with E-state index >= 15 is 0 Å². The molecule has 0 saturated carbocycles. The molecule has 0 bridgehead atoms. The van der Waals surface area contributed by atoms with Crippen molar-refractivity contribution >= 4 is 5.97 Å². The molecule has 0 aromatic carbocycles. The molecule has 1 aromatic heterocycles. The van der Waals surface area contributed by atoms with Gasteiger partial charge in [-0.05, 0) is 19.3 Å². The smallest absolute Gasteiger partial charge is 0.325 e. The maximum absolute atomic E-state index is 11.5. The van der Waals surface area contributed by atoms with Crippen LogP contribution < -0.4 is 5.73 Å². The number of aryl methyl sites for hydroxylation is 1. The molecule has 0 spiro atoms. The van der Waals surface area contributed by atoms with Crippen LogP contribution in [0.5, 0.6) is 0 Å². The van der Waals surface area contributed by atoms with Crippen LogP contribution in [-0.4, -0.2) is 33.4 Å². The summed E-state index contributed by atoms with van der Waals surface area (Å²) in [5.74, 6) is -0.353. The minimum Gasteiger partial charge on any atom is -0.468 e. The number of methoxy groups -OCH3 is 1. The van der Waals surface area contributed by atoms with Gasteiger partial charge in [-0.15, -0.1) is 0 Å². The minimum absolute atomic E-state index is 0.353. The van der Waals surface area contributed by atoms with E-state index in [0.717, 1.165) is 6.42 Å². The number of hydrogen-bond donors (Lipinski definition) is 1. The Labute approximate surface area is 94.8 Å². The topological polar surface area (TPSA) is 83.0 Å². The van der Waals surface area contributed by atoms with Gasteiger partial charge in [-0.25, -0.2) is 4.98 Å². The maximum atomic E-state index is 11.5. The van der Waals surface area contributed by atoms with Gasteiger partial charge in [0.25, 0.3) is 0 Å². The van der Waals surface area contributed by atoms with E-state index in [1.54, 1.807) is 11.0 Å². The van der Waals surface area contributed by atoms with Crippen molar-refractivity contribution in [3.63, 3.8) is 0 Å². The summed E-state index contributed by atoms with van der Waals surface area (Å²) in [5, 5.41) is 3.98. The first-order chi connectivity index (χ1) is 7.62. The zero-order valence-corrected chi connectivity index (χ0v) is 9.72. The van der Waals surface area contributed by atoms with E-state index in [1.807, 2.05) is 6.92 Å². The minimum atomic E-state index is -0.880. The van der Waals surface area contributed by atoms with Crippen molar-refractivity contribution < 1.29 is 9.53 Å². The van der Waals surface area contributed by atoms with Gasteiger partial charge in [0.15, 0.2) is 0 Å². The monoisotopic (exact) mass is 226 g/mol. The van der Waals surface area contributed by atoms with E-state index in [2.05, 4.69) is 10.1 Å². The molecule has 6 nitrogen and oxygen atoms in total. The third kappa shape index (κ3) is 3.03. The van der Waals surface area contributed by atoms with Crippen LogP contribution in [0.2, 0.25) is 0 Å². The van der Waals surface area contributed by atoms with Crippen LogP contribution in [0.25, 0.3) is 0 Å². The van der Waals surface area contributed by atoms with Crippen molar-refractivity contribution in [3.8, 4) is 0 Å². The number of nitrogens with zero attached hydrogens (tertiary/aromatic N) is 3. The standard InChI is InChI=1S/C10H18N4O2/c1-3-10(11,9(15)16-2)5-4-6-14-8-12-7-13-14/h7-8H,3-6,11H2,1-2H3. The lowest BCUT2D eigenvalue weighted by atomic mass is 9.92. The fourth-order valence-corrected chi connectivity index (χ4v) is 1.53. The van der Waals surface area contributed by atoms with Gasteiger partial charge in [-0.3, -0.25) is 9.48 Å². The molecule has 1 atom stereocenters. The number of esters is 1. The van der Waals surface area contributed by atoms with Gasteiger partial charge in [0, 0.05) is 6.54 Å². The van der Waals surface area contributed by atoms with Gasteiger partial charge in [0.05, 0.1) is 7.11 Å². The molecular formula is C10H18N4O2. The second-order valence-corrected chi connectivity index (χ2v) is 3.76. The van der Waals surface area contributed by atoms with Gasteiger partial charge >= 0.3 is 5.97 Å². The largest absolute Gasteiger partial charge is 0.468 e. The number of rotatable bonds is 6. The predicted octanol–water partition coefficient (Wildman–Crippen LogP) is 0.339. The molecule has 1 rings (SSSR count). The molecule has 0 saturated heterocycles. The van der Waals surface area contributed by atoms with E-state index in [-0.39, 0.29) is 5.97 Å². The quantitative estimate of drug-likeness (QED) is 0.707. The average Bonchev–Trinajstić information content (AvgIpc) is 2.80. The van der Waals surface area contributed by atoms with E-state index in [1.165, 1.54) is 13.4 Å². The Hall–Kier alpha value is -1.43.